The standard InChI is InChI=1S/C19H20N4O4S/c20-10-11-28-15-9-5-4-8-14(15)21-16(24)12-22-17(25)18(26)23(19(22)27)13-6-2-1-3-7-13/h4-5,8-9,13H,1-3,6-7,11-12H2,(H,21,24). The third kappa shape index (κ3) is 4.17. The Balaban J connectivity index is 1.67. The number of hydrogen-bond acceptors (Lipinski definition) is 6. The number of hydrogen-bond donors (Lipinski definition) is 1. The summed E-state index contributed by atoms with van der Waals surface area (Å²) in [4.78, 5) is 52.0. The molecular weight excluding hydrogens is 380 g/mol. The summed E-state index contributed by atoms with van der Waals surface area (Å²) in [5.74, 6) is -2.17. The molecule has 146 valence electrons. The molecule has 1 aliphatic heterocycles. The Morgan fingerprint density at radius 1 is 1.14 bits per heavy atom. The highest BCUT2D eigenvalue weighted by atomic mass is 32.2. The Hall–Kier alpha value is -2.86. The first kappa shape index (κ1) is 19.9. The van der Waals surface area contributed by atoms with Crippen molar-refractivity contribution in [1.29, 1.82) is 5.26 Å². The normalized spacial score (nSPS) is 17.8. The van der Waals surface area contributed by atoms with Gasteiger partial charge in [0.25, 0.3) is 0 Å². The van der Waals surface area contributed by atoms with E-state index >= 15 is 0 Å². The van der Waals surface area contributed by atoms with E-state index in [2.05, 4.69) is 5.32 Å². The molecule has 0 radical (unpaired) electrons. The van der Waals surface area contributed by atoms with Crippen molar-refractivity contribution in [3.8, 4) is 6.07 Å². The number of imide groups is 2. The van der Waals surface area contributed by atoms with Gasteiger partial charge in [0, 0.05) is 10.9 Å². The number of para-hydroxylation sites is 1. The summed E-state index contributed by atoms with van der Waals surface area (Å²) >= 11 is 1.27. The van der Waals surface area contributed by atoms with Gasteiger partial charge in [0.15, 0.2) is 0 Å². The number of nitriles is 1. The molecule has 2 fully saturated rings. The van der Waals surface area contributed by atoms with Crippen molar-refractivity contribution in [1.82, 2.24) is 9.80 Å². The Bertz CT molecular complexity index is 845. The van der Waals surface area contributed by atoms with Crippen LogP contribution in [0.25, 0.3) is 0 Å². The molecule has 5 amide bonds. The van der Waals surface area contributed by atoms with Gasteiger partial charge in [-0.25, -0.2) is 9.69 Å². The zero-order valence-corrected chi connectivity index (χ0v) is 16.0. The van der Waals surface area contributed by atoms with Gasteiger partial charge in [0.05, 0.1) is 17.5 Å². The third-order valence-electron chi connectivity index (χ3n) is 4.78. The van der Waals surface area contributed by atoms with Crippen LogP contribution < -0.4 is 5.32 Å². The summed E-state index contributed by atoms with van der Waals surface area (Å²) in [6, 6.07) is 7.97. The lowest BCUT2D eigenvalue weighted by atomic mass is 9.94. The first-order valence-corrected chi connectivity index (χ1v) is 10.1. The van der Waals surface area contributed by atoms with E-state index in [0.29, 0.717) is 28.3 Å². The number of urea groups is 1. The van der Waals surface area contributed by atoms with E-state index in [4.69, 9.17) is 5.26 Å². The topological polar surface area (TPSA) is 111 Å². The number of nitrogens with zero attached hydrogens (tertiary/aromatic N) is 3. The molecule has 1 N–H and O–H groups in total. The molecule has 1 aromatic carbocycles. The van der Waals surface area contributed by atoms with Gasteiger partial charge in [-0.05, 0) is 25.0 Å². The van der Waals surface area contributed by atoms with Crippen LogP contribution in [-0.2, 0) is 14.4 Å². The molecule has 1 saturated heterocycles. The van der Waals surface area contributed by atoms with Crippen molar-refractivity contribution >= 4 is 41.2 Å². The number of amides is 5. The van der Waals surface area contributed by atoms with Gasteiger partial charge in [-0.2, -0.15) is 5.26 Å². The second kappa shape index (κ2) is 8.89. The van der Waals surface area contributed by atoms with Gasteiger partial charge in [0.1, 0.15) is 6.54 Å². The molecule has 2 aliphatic rings. The number of benzene rings is 1. The summed E-state index contributed by atoms with van der Waals surface area (Å²) in [6.07, 6.45) is 4.25. The number of rotatable bonds is 6. The minimum absolute atomic E-state index is 0.223. The Morgan fingerprint density at radius 3 is 2.57 bits per heavy atom. The highest BCUT2D eigenvalue weighted by molar-refractivity contribution is 7.99. The van der Waals surface area contributed by atoms with Gasteiger partial charge in [-0.15, -0.1) is 11.8 Å². The summed E-state index contributed by atoms with van der Waals surface area (Å²) in [6.45, 7) is -0.524. The van der Waals surface area contributed by atoms with Crippen molar-refractivity contribution in [3.05, 3.63) is 24.3 Å². The molecule has 0 aromatic heterocycles. The van der Waals surface area contributed by atoms with Crippen LogP contribution >= 0.6 is 11.8 Å². The highest BCUT2D eigenvalue weighted by Gasteiger charge is 2.48. The van der Waals surface area contributed by atoms with Gasteiger partial charge in [0.2, 0.25) is 5.91 Å². The van der Waals surface area contributed by atoms with Crippen LogP contribution in [-0.4, -0.2) is 51.9 Å². The van der Waals surface area contributed by atoms with E-state index < -0.39 is 30.3 Å². The van der Waals surface area contributed by atoms with E-state index in [1.54, 1.807) is 24.3 Å². The number of thioether (sulfide) groups is 1. The second-order valence-electron chi connectivity index (χ2n) is 6.63. The third-order valence-corrected chi connectivity index (χ3v) is 5.72. The van der Waals surface area contributed by atoms with Gasteiger partial charge >= 0.3 is 17.8 Å². The molecule has 0 atom stereocenters. The predicted molar refractivity (Wildman–Crippen MR) is 102 cm³/mol. The maximum atomic E-state index is 12.6. The van der Waals surface area contributed by atoms with E-state index in [0.717, 1.165) is 24.2 Å². The molecule has 1 aliphatic carbocycles. The Kier molecular flexibility index (Phi) is 6.31. The number of anilines is 1. The largest absolute Gasteiger partial charge is 0.334 e. The van der Waals surface area contributed by atoms with Crippen LogP contribution in [0.3, 0.4) is 0 Å². The smallest absolute Gasteiger partial charge is 0.324 e. The minimum Gasteiger partial charge on any atom is -0.324 e. The fourth-order valence-electron chi connectivity index (χ4n) is 3.46. The lowest BCUT2D eigenvalue weighted by Crippen LogP contribution is -2.43. The summed E-state index contributed by atoms with van der Waals surface area (Å²) < 4.78 is 0. The molecule has 3 rings (SSSR count). The first-order valence-electron chi connectivity index (χ1n) is 9.10. The van der Waals surface area contributed by atoms with Crippen LogP contribution in [0.5, 0.6) is 0 Å². The zero-order chi connectivity index (χ0) is 20.1. The van der Waals surface area contributed by atoms with Crippen molar-refractivity contribution in [3.63, 3.8) is 0 Å². The molecule has 1 aromatic rings. The monoisotopic (exact) mass is 400 g/mol. The SMILES string of the molecule is N#CCSc1ccccc1NC(=O)CN1C(=O)C(=O)N(C2CCCCC2)C1=O. The molecule has 1 saturated carbocycles. The lowest BCUT2D eigenvalue weighted by molar-refractivity contribution is -0.144. The molecule has 9 heteroatoms. The molecule has 0 spiro atoms. The average molecular weight is 400 g/mol. The van der Waals surface area contributed by atoms with Gasteiger partial charge in [-0.1, -0.05) is 31.4 Å². The first-order chi connectivity index (χ1) is 13.5. The van der Waals surface area contributed by atoms with Crippen molar-refractivity contribution < 1.29 is 19.2 Å². The van der Waals surface area contributed by atoms with Crippen molar-refractivity contribution in [2.24, 2.45) is 0 Å². The summed E-state index contributed by atoms with van der Waals surface area (Å²) in [5, 5.41) is 11.4. The van der Waals surface area contributed by atoms with Crippen LogP contribution in [0.4, 0.5) is 10.5 Å². The molecule has 8 nitrogen and oxygen atoms in total. The van der Waals surface area contributed by atoms with E-state index in [1.165, 1.54) is 11.8 Å². The molecular formula is C19H20N4O4S. The zero-order valence-electron chi connectivity index (χ0n) is 15.2. The lowest BCUT2D eigenvalue weighted by Gasteiger charge is -2.28. The maximum absolute atomic E-state index is 12.6. The summed E-state index contributed by atoms with van der Waals surface area (Å²) in [7, 11) is 0. The number of carbonyl (C=O) groups is 4. The Morgan fingerprint density at radius 2 is 1.86 bits per heavy atom. The predicted octanol–water partition coefficient (Wildman–Crippen LogP) is 2.36. The number of nitrogens with one attached hydrogen (secondary N) is 1. The van der Waals surface area contributed by atoms with E-state index in [1.807, 2.05) is 6.07 Å². The highest BCUT2D eigenvalue weighted by Crippen LogP contribution is 2.28. The van der Waals surface area contributed by atoms with Gasteiger partial charge < -0.3 is 5.32 Å². The molecule has 0 bridgehead atoms. The second-order valence-corrected chi connectivity index (χ2v) is 7.65. The van der Waals surface area contributed by atoms with Crippen LogP contribution in [0.1, 0.15) is 32.1 Å². The minimum atomic E-state index is -0.960. The average Bonchev–Trinajstić information content (AvgIpc) is 2.91. The van der Waals surface area contributed by atoms with E-state index in [9.17, 15) is 19.2 Å². The Labute approximate surface area is 166 Å². The molecule has 1 heterocycles. The fourth-order valence-corrected chi connectivity index (χ4v) is 4.13. The number of carbonyl (C=O) groups excluding carboxylic acids is 4. The quantitative estimate of drug-likeness (QED) is 0.446. The maximum Gasteiger partial charge on any atom is 0.334 e. The molecule has 0 unspecified atom stereocenters. The van der Waals surface area contributed by atoms with Crippen molar-refractivity contribution in [2.75, 3.05) is 17.6 Å². The van der Waals surface area contributed by atoms with Crippen LogP contribution in [0.2, 0.25) is 0 Å². The fraction of sp³-hybridized carbons (Fsp3) is 0.421. The molecule has 28 heavy (non-hydrogen) atoms. The van der Waals surface area contributed by atoms with Gasteiger partial charge in [-0.3, -0.25) is 19.3 Å². The van der Waals surface area contributed by atoms with Crippen LogP contribution in [0.15, 0.2) is 29.2 Å². The van der Waals surface area contributed by atoms with Crippen molar-refractivity contribution in [2.45, 2.75) is 43.0 Å². The van der Waals surface area contributed by atoms with E-state index in [-0.39, 0.29) is 11.8 Å². The summed E-state index contributed by atoms with van der Waals surface area (Å²) in [5.41, 5.74) is 0.488. The van der Waals surface area contributed by atoms with Crippen LogP contribution in [0, 0.1) is 11.3 Å².